The van der Waals surface area contributed by atoms with Gasteiger partial charge in [0.05, 0.1) is 18.8 Å². The Bertz CT molecular complexity index is 404. The van der Waals surface area contributed by atoms with E-state index in [4.69, 9.17) is 10.5 Å². The number of nitrogens with two attached hydrogens (primary N) is 1. The van der Waals surface area contributed by atoms with E-state index in [9.17, 15) is 4.79 Å². The number of amides is 1. The SMILES string of the molecule is CCCC(C)(N)C(=O)N(C)CCOCc1ccccc1. The highest BCUT2D eigenvalue weighted by Crippen LogP contribution is 2.11. The molecule has 0 heterocycles. The van der Waals surface area contributed by atoms with Crippen molar-refractivity contribution in [3.63, 3.8) is 0 Å². The van der Waals surface area contributed by atoms with Gasteiger partial charge in [0, 0.05) is 13.6 Å². The van der Waals surface area contributed by atoms with E-state index in [-0.39, 0.29) is 5.91 Å². The van der Waals surface area contributed by atoms with Gasteiger partial charge in [-0.1, -0.05) is 43.7 Å². The van der Waals surface area contributed by atoms with Crippen LogP contribution in [0.1, 0.15) is 32.3 Å². The molecule has 112 valence electrons. The average molecular weight is 278 g/mol. The van der Waals surface area contributed by atoms with Crippen molar-refractivity contribution in [1.29, 1.82) is 0 Å². The highest BCUT2D eigenvalue weighted by molar-refractivity contribution is 5.85. The van der Waals surface area contributed by atoms with E-state index in [1.165, 1.54) is 0 Å². The minimum Gasteiger partial charge on any atom is -0.375 e. The van der Waals surface area contributed by atoms with E-state index < -0.39 is 5.54 Å². The van der Waals surface area contributed by atoms with Crippen molar-refractivity contribution in [3.05, 3.63) is 35.9 Å². The van der Waals surface area contributed by atoms with Crippen LogP contribution in [0.5, 0.6) is 0 Å². The van der Waals surface area contributed by atoms with E-state index in [0.717, 1.165) is 12.0 Å². The van der Waals surface area contributed by atoms with Gasteiger partial charge in [-0.3, -0.25) is 4.79 Å². The van der Waals surface area contributed by atoms with Crippen molar-refractivity contribution in [1.82, 2.24) is 4.90 Å². The lowest BCUT2D eigenvalue weighted by Gasteiger charge is -2.28. The Morgan fingerprint density at radius 3 is 2.60 bits per heavy atom. The number of rotatable bonds is 8. The van der Waals surface area contributed by atoms with Gasteiger partial charge < -0.3 is 15.4 Å². The predicted octanol–water partition coefficient (Wildman–Crippen LogP) is 2.18. The molecule has 1 unspecified atom stereocenters. The maximum absolute atomic E-state index is 12.2. The van der Waals surface area contributed by atoms with Gasteiger partial charge in [0.1, 0.15) is 0 Å². The number of benzene rings is 1. The molecule has 0 fully saturated rings. The molecule has 0 saturated heterocycles. The van der Waals surface area contributed by atoms with Gasteiger partial charge in [-0.05, 0) is 18.9 Å². The number of hydrogen-bond donors (Lipinski definition) is 1. The van der Waals surface area contributed by atoms with Crippen LogP contribution in [0.25, 0.3) is 0 Å². The summed E-state index contributed by atoms with van der Waals surface area (Å²) in [6.45, 7) is 5.46. The van der Waals surface area contributed by atoms with Crippen LogP contribution < -0.4 is 5.73 Å². The molecule has 1 rings (SSSR count). The Kier molecular flexibility index (Phi) is 6.68. The zero-order chi connectivity index (χ0) is 15.0. The van der Waals surface area contributed by atoms with E-state index >= 15 is 0 Å². The summed E-state index contributed by atoms with van der Waals surface area (Å²) in [6.07, 6.45) is 1.60. The van der Waals surface area contributed by atoms with Crippen LogP contribution in [0.3, 0.4) is 0 Å². The maximum Gasteiger partial charge on any atom is 0.242 e. The zero-order valence-corrected chi connectivity index (χ0v) is 12.8. The fraction of sp³-hybridized carbons (Fsp3) is 0.562. The lowest BCUT2D eigenvalue weighted by molar-refractivity contribution is -0.136. The third-order valence-electron chi connectivity index (χ3n) is 3.29. The predicted molar refractivity (Wildman–Crippen MR) is 81.2 cm³/mol. The summed E-state index contributed by atoms with van der Waals surface area (Å²) in [7, 11) is 1.77. The fourth-order valence-corrected chi connectivity index (χ4v) is 2.13. The monoisotopic (exact) mass is 278 g/mol. The highest BCUT2D eigenvalue weighted by atomic mass is 16.5. The first-order valence-corrected chi connectivity index (χ1v) is 7.13. The van der Waals surface area contributed by atoms with Crippen LogP contribution >= 0.6 is 0 Å². The van der Waals surface area contributed by atoms with Crippen LogP contribution in [-0.2, 0) is 16.1 Å². The molecule has 4 nitrogen and oxygen atoms in total. The minimum atomic E-state index is -0.775. The van der Waals surface area contributed by atoms with Gasteiger partial charge in [0.2, 0.25) is 5.91 Å². The fourth-order valence-electron chi connectivity index (χ4n) is 2.13. The Labute approximate surface area is 121 Å². The van der Waals surface area contributed by atoms with Gasteiger partial charge in [-0.25, -0.2) is 0 Å². The van der Waals surface area contributed by atoms with Gasteiger partial charge in [-0.15, -0.1) is 0 Å². The van der Waals surface area contributed by atoms with Crippen molar-refractivity contribution in [2.75, 3.05) is 20.2 Å². The summed E-state index contributed by atoms with van der Waals surface area (Å²) in [6, 6.07) is 9.99. The van der Waals surface area contributed by atoms with E-state index in [0.29, 0.717) is 26.2 Å². The molecule has 20 heavy (non-hydrogen) atoms. The summed E-state index contributed by atoms with van der Waals surface area (Å²) in [5, 5.41) is 0. The average Bonchev–Trinajstić information content (AvgIpc) is 2.43. The second-order valence-corrected chi connectivity index (χ2v) is 5.43. The molecule has 0 aliphatic carbocycles. The molecule has 1 atom stereocenters. The van der Waals surface area contributed by atoms with Gasteiger partial charge >= 0.3 is 0 Å². The Morgan fingerprint density at radius 2 is 2.00 bits per heavy atom. The molecule has 1 amide bonds. The number of carbonyl (C=O) groups is 1. The van der Waals surface area contributed by atoms with E-state index in [1.807, 2.05) is 37.3 Å². The van der Waals surface area contributed by atoms with Crippen molar-refractivity contribution in [3.8, 4) is 0 Å². The lowest BCUT2D eigenvalue weighted by Crippen LogP contribution is -2.52. The largest absolute Gasteiger partial charge is 0.375 e. The van der Waals surface area contributed by atoms with Crippen LogP contribution in [0.4, 0.5) is 0 Å². The molecule has 0 aromatic heterocycles. The molecular formula is C16H26N2O2. The summed E-state index contributed by atoms with van der Waals surface area (Å²) >= 11 is 0. The number of likely N-dealkylation sites (N-methyl/N-ethyl adjacent to an activating group) is 1. The van der Waals surface area contributed by atoms with Gasteiger partial charge in [0.25, 0.3) is 0 Å². The van der Waals surface area contributed by atoms with Crippen LogP contribution in [0, 0.1) is 0 Å². The molecule has 0 radical (unpaired) electrons. The molecule has 0 bridgehead atoms. The lowest BCUT2D eigenvalue weighted by atomic mass is 9.96. The summed E-state index contributed by atoms with van der Waals surface area (Å²) in [5.41, 5.74) is 6.40. The topological polar surface area (TPSA) is 55.6 Å². The van der Waals surface area contributed by atoms with Crippen LogP contribution in [0.15, 0.2) is 30.3 Å². The Balaban J connectivity index is 2.29. The zero-order valence-electron chi connectivity index (χ0n) is 12.8. The highest BCUT2D eigenvalue weighted by Gasteiger charge is 2.29. The quantitative estimate of drug-likeness (QED) is 0.742. The van der Waals surface area contributed by atoms with Crippen LogP contribution in [0.2, 0.25) is 0 Å². The summed E-state index contributed by atoms with van der Waals surface area (Å²) in [5.74, 6) is -0.0253. The van der Waals surface area contributed by atoms with E-state index in [2.05, 4.69) is 0 Å². The van der Waals surface area contributed by atoms with Gasteiger partial charge in [-0.2, -0.15) is 0 Å². The van der Waals surface area contributed by atoms with E-state index in [1.54, 1.807) is 18.9 Å². The second kappa shape index (κ2) is 8.02. The molecule has 1 aromatic carbocycles. The smallest absolute Gasteiger partial charge is 0.242 e. The molecule has 2 N–H and O–H groups in total. The summed E-state index contributed by atoms with van der Waals surface area (Å²) < 4.78 is 5.58. The first-order chi connectivity index (χ1) is 9.47. The first kappa shape index (κ1) is 16.7. The third kappa shape index (κ3) is 5.31. The Morgan fingerprint density at radius 1 is 1.35 bits per heavy atom. The first-order valence-electron chi connectivity index (χ1n) is 7.13. The molecule has 0 saturated carbocycles. The van der Waals surface area contributed by atoms with Crippen molar-refractivity contribution < 1.29 is 9.53 Å². The number of hydrogen-bond acceptors (Lipinski definition) is 3. The molecule has 0 spiro atoms. The van der Waals surface area contributed by atoms with Crippen LogP contribution in [-0.4, -0.2) is 36.5 Å². The molecule has 0 aliphatic rings. The van der Waals surface area contributed by atoms with Crippen molar-refractivity contribution in [2.24, 2.45) is 5.73 Å². The van der Waals surface area contributed by atoms with Crippen molar-refractivity contribution >= 4 is 5.91 Å². The Hall–Kier alpha value is -1.39. The standard InChI is InChI=1S/C16H26N2O2/c1-4-10-16(2,17)15(19)18(3)11-12-20-13-14-8-6-5-7-9-14/h5-9H,4,10-13,17H2,1-3H3. The van der Waals surface area contributed by atoms with Crippen molar-refractivity contribution in [2.45, 2.75) is 38.8 Å². The minimum absolute atomic E-state index is 0.0253. The maximum atomic E-state index is 12.2. The number of carbonyl (C=O) groups excluding carboxylic acids is 1. The molecule has 4 heteroatoms. The molecule has 0 aliphatic heterocycles. The number of nitrogens with zero attached hydrogens (tertiary/aromatic N) is 1. The van der Waals surface area contributed by atoms with Gasteiger partial charge in [0.15, 0.2) is 0 Å². The normalized spacial score (nSPS) is 13.8. The molecular weight excluding hydrogens is 252 g/mol. The second-order valence-electron chi connectivity index (χ2n) is 5.43. The summed E-state index contributed by atoms with van der Waals surface area (Å²) in [4.78, 5) is 13.8. The number of ether oxygens (including phenoxy) is 1. The third-order valence-corrected chi connectivity index (χ3v) is 3.29. The molecule has 1 aromatic rings.